The van der Waals surface area contributed by atoms with Crippen LogP contribution in [0.5, 0.6) is 0 Å². The number of H-pyrrole nitrogens is 1. The molecule has 2 aromatic rings. The van der Waals surface area contributed by atoms with E-state index in [1.54, 1.807) is 0 Å². The zero-order valence-electron chi connectivity index (χ0n) is 6.83. The van der Waals surface area contributed by atoms with Gasteiger partial charge in [0.1, 0.15) is 5.52 Å². The van der Waals surface area contributed by atoms with Crippen LogP contribution in [0.1, 0.15) is 12.5 Å². The van der Waals surface area contributed by atoms with Gasteiger partial charge in [-0.25, -0.2) is 9.97 Å². The van der Waals surface area contributed by atoms with Gasteiger partial charge in [-0.2, -0.15) is 0 Å². The summed E-state index contributed by atoms with van der Waals surface area (Å²) in [7, 11) is 0. The number of pyridine rings is 1. The van der Waals surface area contributed by atoms with E-state index in [0.717, 1.165) is 17.6 Å². The van der Waals surface area contributed by atoms with Gasteiger partial charge in [0.2, 0.25) is 0 Å². The predicted octanol–water partition coefficient (Wildman–Crippen LogP) is 1.10. The number of anilines is 1. The molecule has 2 aromatic heterocycles. The minimum atomic E-state index is 0.422. The van der Waals surface area contributed by atoms with Gasteiger partial charge in [-0.3, -0.25) is 0 Å². The maximum atomic E-state index is 5.48. The summed E-state index contributed by atoms with van der Waals surface area (Å²) in [6, 6.07) is 2.00. The van der Waals surface area contributed by atoms with Gasteiger partial charge in [0.15, 0.2) is 11.6 Å². The van der Waals surface area contributed by atoms with Gasteiger partial charge in [0.25, 0.3) is 0 Å². The first-order chi connectivity index (χ1) is 5.79. The standard InChI is InChI=1S/C8H10N4/c1-2-5-3-6-7(10-4-5)12-8(9)11-6/h3-4H,2H2,1H3,(H3,9,10,11,12). The second-order valence-electron chi connectivity index (χ2n) is 2.69. The molecular weight excluding hydrogens is 152 g/mol. The van der Waals surface area contributed by atoms with Gasteiger partial charge < -0.3 is 10.7 Å². The molecule has 0 saturated heterocycles. The van der Waals surface area contributed by atoms with E-state index in [9.17, 15) is 0 Å². The van der Waals surface area contributed by atoms with Crippen molar-refractivity contribution in [2.75, 3.05) is 5.73 Å². The number of hydrogen-bond acceptors (Lipinski definition) is 3. The summed E-state index contributed by atoms with van der Waals surface area (Å²) in [4.78, 5) is 11.1. The normalized spacial score (nSPS) is 10.8. The van der Waals surface area contributed by atoms with Gasteiger partial charge in [0, 0.05) is 6.20 Å². The average Bonchev–Trinajstić information content (AvgIpc) is 2.43. The number of imidazole rings is 1. The largest absolute Gasteiger partial charge is 0.369 e. The van der Waals surface area contributed by atoms with E-state index in [0.29, 0.717) is 5.95 Å². The Balaban J connectivity index is 2.66. The molecule has 0 atom stereocenters. The lowest BCUT2D eigenvalue weighted by molar-refractivity contribution is 1.12. The summed E-state index contributed by atoms with van der Waals surface area (Å²) in [6.45, 7) is 2.08. The number of nitrogens with two attached hydrogens (primary N) is 1. The van der Waals surface area contributed by atoms with E-state index in [-0.39, 0.29) is 0 Å². The molecule has 2 heterocycles. The van der Waals surface area contributed by atoms with E-state index in [2.05, 4.69) is 21.9 Å². The molecular formula is C8H10N4. The fourth-order valence-electron chi connectivity index (χ4n) is 1.15. The summed E-state index contributed by atoms with van der Waals surface area (Å²) < 4.78 is 0. The van der Waals surface area contributed by atoms with Crippen molar-refractivity contribution in [3.05, 3.63) is 17.8 Å². The lowest BCUT2D eigenvalue weighted by Crippen LogP contribution is -1.84. The highest BCUT2D eigenvalue weighted by Crippen LogP contribution is 2.11. The molecule has 0 fully saturated rings. The number of fused-ring (bicyclic) bond motifs is 1. The average molecular weight is 162 g/mol. The lowest BCUT2D eigenvalue weighted by atomic mass is 10.2. The van der Waals surface area contributed by atoms with Crippen LogP contribution in [-0.2, 0) is 6.42 Å². The Bertz CT molecular complexity index is 404. The SMILES string of the molecule is CCc1cnc2[nH]c(N)nc2c1. The molecule has 2 rings (SSSR count). The number of aromatic amines is 1. The van der Waals surface area contributed by atoms with E-state index in [4.69, 9.17) is 5.73 Å². The Morgan fingerprint density at radius 1 is 1.58 bits per heavy atom. The third kappa shape index (κ3) is 1.01. The predicted molar refractivity (Wildman–Crippen MR) is 47.7 cm³/mol. The molecule has 0 aliphatic rings. The van der Waals surface area contributed by atoms with Crippen molar-refractivity contribution in [3.8, 4) is 0 Å². The van der Waals surface area contributed by atoms with Gasteiger partial charge in [-0.1, -0.05) is 6.92 Å². The van der Waals surface area contributed by atoms with Crippen molar-refractivity contribution in [2.24, 2.45) is 0 Å². The van der Waals surface area contributed by atoms with Gasteiger partial charge in [0.05, 0.1) is 0 Å². The van der Waals surface area contributed by atoms with Crippen LogP contribution in [0.2, 0.25) is 0 Å². The topological polar surface area (TPSA) is 67.6 Å². The number of nitrogens with zero attached hydrogens (tertiary/aromatic N) is 2. The molecule has 0 amide bonds. The molecule has 0 saturated carbocycles. The monoisotopic (exact) mass is 162 g/mol. The minimum Gasteiger partial charge on any atom is -0.369 e. The van der Waals surface area contributed by atoms with Crippen molar-refractivity contribution in [1.29, 1.82) is 0 Å². The molecule has 3 N–H and O–H groups in total. The number of aromatic nitrogens is 3. The molecule has 0 aliphatic carbocycles. The smallest absolute Gasteiger partial charge is 0.199 e. The molecule has 0 bridgehead atoms. The zero-order chi connectivity index (χ0) is 8.55. The van der Waals surface area contributed by atoms with E-state index in [1.165, 1.54) is 5.56 Å². The number of nitrogens with one attached hydrogen (secondary N) is 1. The first kappa shape index (κ1) is 7.09. The Hall–Kier alpha value is -1.58. The number of hydrogen-bond donors (Lipinski definition) is 2. The molecule has 0 radical (unpaired) electrons. The fourth-order valence-corrected chi connectivity index (χ4v) is 1.15. The summed E-state index contributed by atoms with van der Waals surface area (Å²) in [5, 5.41) is 0. The van der Waals surface area contributed by atoms with Crippen molar-refractivity contribution in [3.63, 3.8) is 0 Å². The molecule has 0 aliphatic heterocycles. The number of nitrogen functional groups attached to an aromatic ring is 1. The second-order valence-corrected chi connectivity index (χ2v) is 2.69. The highest BCUT2D eigenvalue weighted by Gasteiger charge is 2.00. The van der Waals surface area contributed by atoms with E-state index >= 15 is 0 Å². The number of aryl methyl sites for hydroxylation is 1. The van der Waals surface area contributed by atoms with Crippen LogP contribution in [0.15, 0.2) is 12.3 Å². The summed E-state index contributed by atoms with van der Waals surface area (Å²) in [5.41, 5.74) is 8.24. The van der Waals surface area contributed by atoms with Crippen LogP contribution < -0.4 is 5.73 Å². The third-order valence-corrected chi connectivity index (χ3v) is 1.82. The maximum absolute atomic E-state index is 5.48. The fraction of sp³-hybridized carbons (Fsp3) is 0.250. The third-order valence-electron chi connectivity index (χ3n) is 1.82. The Morgan fingerprint density at radius 2 is 2.42 bits per heavy atom. The maximum Gasteiger partial charge on any atom is 0.199 e. The highest BCUT2D eigenvalue weighted by molar-refractivity contribution is 5.73. The minimum absolute atomic E-state index is 0.422. The Labute approximate surface area is 69.8 Å². The molecule has 4 heteroatoms. The van der Waals surface area contributed by atoms with Crippen molar-refractivity contribution in [2.45, 2.75) is 13.3 Å². The van der Waals surface area contributed by atoms with Gasteiger partial charge in [-0.15, -0.1) is 0 Å². The summed E-state index contributed by atoms with van der Waals surface area (Å²) in [5.74, 6) is 0.422. The first-order valence-electron chi connectivity index (χ1n) is 3.89. The molecule has 0 unspecified atom stereocenters. The van der Waals surface area contributed by atoms with Crippen molar-refractivity contribution in [1.82, 2.24) is 15.0 Å². The molecule has 62 valence electrons. The van der Waals surface area contributed by atoms with Gasteiger partial charge >= 0.3 is 0 Å². The van der Waals surface area contributed by atoms with Crippen molar-refractivity contribution < 1.29 is 0 Å². The second kappa shape index (κ2) is 2.48. The Morgan fingerprint density at radius 3 is 3.17 bits per heavy atom. The summed E-state index contributed by atoms with van der Waals surface area (Å²) >= 11 is 0. The number of rotatable bonds is 1. The summed E-state index contributed by atoms with van der Waals surface area (Å²) in [6.07, 6.45) is 2.80. The quantitative estimate of drug-likeness (QED) is 0.659. The van der Waals surface area contributed by atoms with Crippen LogP contribution in [0.4, 0.5) is 5.95 Å². The molecule has 12 heavy (non-hydrogen) atoms. The molecule has 4 nitrogen and oxygen atoms in total. The van der Waals surface area contributed by atoms with Gasteiger partial charge in [-0.05, 0) is 18.1 Å². The van der Waals surface area contributed by atoms with Crippen LogP contribution in [0.3, 0.4) is 0 Å². The van der Waals surface area contributed by atoms with Crippen LogP contribution in [0, 0.1) is 0 Å². The van der Waals surface area contributed by atoms with Crippen LogP contribution >= 0.6 is 0 Å². The highest BCUT2D eigenvalue weighted by atomic mass is 15.1. The van der Waals surface area contributed by atoms with E-state index in [1.807, 2.05) is 12.3 Å². The first-order valence-corrected chi connectivity index (χ1v) is 3.89. The van der Waals surface area contributed by atoms with Crippen molar-refractivity contribution >= 4 is 17.1 Å². The Kier molecular flexibility index (Phi) is 1.46. The molecule has 0 aromatic carbocycles. The van der Waals surface area contributed by atoms with Crippen LogP contribution in [-0.4, -0.2) is 15.0 Å². The zero-order valence-corrected chi connectivity index (χ0v) is 6.83. The lowest BCUT2D eigenvalue weighted by Gasteiger charge is -1.92. The molecule has 0 spiro atoms. The van der Waals surface area contributed by atoms with Crippen LogP contribution in [0.25, 0.3) is 11.2 Å². The van der Waals surface area contributed by atoms with E-state index < -0.39 is 0 Å².